The van der Waals surface area contributed by atoms with E-state index in [4.69, 9.17) is 15.0 Å². The Morgan fingerprint density at radius 2 is 1.86 bits per heavy atom. The summed E-state index contributed by atoms with van der Waals surface area (Å²) in [6, 6.07) is 4.09. The van der Waals surface area contributed by atoms with Gasteiger partial charge < -0.3 is 30.4 Å². The second-order valence-corrected chi connectivity index (χ2v) is 4.83. The zero-order valence-corrected chi connectivity index (χ0v) is 11.8. The van der Waals surface area contributed by atoms with Gasteiger partial charge in [-0.05, 0) is 18.6 Å². The minimum Gasteiger partial charge on any atom is -0.507 e. The molecule has 1 amide bonds. The van der Waals surface area contributed by atoms with E-state index in [9.17, 15) is 20.1 Å². The van der Waals surface area contributed by atoms with Crippen molar-refractivity contribution in [1.82, 2.24) is 4.90 Å². The van der Waals surface area contributed by atoms with Crippen LogP contribution in [0.1, 0.15) is 16.8 Å². The fourth-order valence-corrected chi connectivity index (χ4v) is 2.28. The number of nitrogens with zero attached hydrogens (tertiary/aromatic N) is 1. The zero-order valence-electron chi connectivity index (χ0n) is 11.8. The van der Waals surface area contributed by atoms with E-state index < -0.39 is 12.0 Å². The summed E-state index contributed by atoms with van der Waals surface area (Å²) in [6.45, 7) is 0.0811. The predicted octanol–water partition coefficient (Wildman–Crippen LogP) is -0.386. The average Bonchev–Trinajstić information content (AvgIpc) is 2.47. The molecule has 0 saturated carbocycles. The number of carbonyl (C=O) groups is 2. The van der Waals surface area contributed by atoms with Crippen molar-refractivity contribution >= 4 is 12.4 Å². The molecular weight excluding hydrogens is 294 g/mol. The molecule has 122 valence electrons. The van der Waals surface area contributed by atoms with Crippen LogP contribution in [0.2, 0.25) is 0 Å². The molecule has 2 rings (SSSR count). The number of amides is 1. The number of carbonyl (C=O) groups excluding carboxylic acids is 1. The minimum atomic E-state index is -0.796. The Morgan fingerprint density at radius 3 is 2.32 bits per heavy atom. The highest BCUT2D eigenvalue weighted by atomic mass is 16.3. The summed E-state index contributed by atoms with van der Waals surface area (Å²) < 4.78 is 0. The van der Waals surface area contributed by atoms with Crippen molar-refractivity contribution < 1.29 is 35.1 Å². The molecule has 0 unspecified atom stereocenters. The first-order chi connectivity index (χ1) is 10.5. The third-order valence-electron chi connectivity index (χ3n) is 3.48. The summed E-state index contributed by atoms with van der Waals surface area (Å²) in [6.07, 6.45) is -0.312. The average molecular weight is 313 g/mol. The molecule has 1 heterocycles. The molecule has 8 heteroatoms. The first-order valence-corrected chi connectivity index (χ1v) is 6.63. The first kappa shape index (κ1) is 17.7. The zero-order chi connectivity index (χ0) is 16.7. The van der Waals surface area contributed by atoms with Crippen molar-refractivity contribution in [2.45, 2.75) is 12.5 Å². The lowest BCUT2D eigenvalue weighted by atomic mass is 9.94. The van der Waals surface area contributed by atoms with Crippen LogP contribution in [0.4, 0.5) is 0 Å². The maximum Gasteiger partial charge on any atom is 0.290 e. The molecule has 1 aromatic rings. The van der Waals surface area contributed by atoms with Crippen LogP contribution in [-0.2, 0) is 4.79 Å². The van der Waals surface area contributed by atoms with E-state index in [1.54, 1.807) is 0 Å². The van der Waals surface area contributed by atoms with Gasteiger partial charge in [-0.15, -0.1) is 0 Å². The second-order valence-electron chi connectivity index (χ2n) is 4.83. The van der Waals surface area contributed by atoms with Crippen LogP contribution in [0.15, 0.2) is 18.2 Å². The molecule has 8 nitrogen and oxygen atoms in total. The van der Waals surface area contributed by atoms with Crippen LogP contribution in [0.5, 0.6) is 11.5 Å². The Bertz CT molecular complexity index is 500. The SMILES string of the molecule is O=C(c1c(O)cccc1O)N1CC[C@H](CO)[C@H](O)C1.O=CO. The lowest BCUT2D eigenvalue weighted by Crippen LogP contribution is -2.47. The van der Waals surface area contributed by atoms with Gasteiger partial charge in [0.25, 0.3) is 12.4 Å². The number of phenols is 2. The number of benzene rings is 1. The molecule has 0 aliphatic carbocycles. The molecule has 2 atom stereocenters. The number of β-amino-alcohol motifs (C(OH)–C–C–N with tert-alkyl or cyclic N) is 1. The summed E-state index contributed by atoms with van der Waals surface area (Å²) in [5.74, 6) is -1.33. The van der Waals surface area contributed by atoms with Crippen LogP contribution < -0.4 is 0 Å². The Hall–Kier alpha value is -2.32. The van der Waals surface area contributed by atoms with Gasteiger partial charge in [0, 0.05) is 25.6 Å². The van der Waals surface area contributed by atoms with E-state index in [0.717, 1.165) is 0 Å². The third kappa shape index (κ3) is 4.09. The van der Waals surface area contributed by atoms with E-state index in [1.165, 1.54) is 23.1 Å². The lowest BCUT2D eigenvalue weighted by Gasteiger charge is -2.35. The van der Waals surface area contributed by atoms with Crippen molar-refractivity contribution in [1.29, 1.82) is 0 Å². The van der Waals surface area contributed by atoms with Crippen molar-refractivity contribution in [3.05, 3.63) is 23.8 Å². The lowest BCUT2D eigenvalue weighted by molar-refractivity contribution is -0.122. The maximum atomic E-state index is 12.2. The van der Waals surface area contributed by atoms with Gasteiger partial charge in [-0.2, -0.15) is 0 Å². The number of aromatic hydroxyl groups is 2. The highest BCUT2D eigenvalue weighted by molar-refractivity contribution is 5.99. The number of hydrogen-bond acceptors (Lipinski definition) is 6. The van der Waals surface area contributed by atoms with Crippen molar-refractivity contribution in [3.8, 4) is 11.5 Å². The number of aliphatic hydroxyl groups is 2. The van der Waals surface area contributed by atoms with Gasteiger partial charge in [-0.1, -0.05) is 6.07 Å². The number of carboxylic acid groups (broad SMARTS) is 1. The standard InChI is InChI=1S/C13H17NO5.CH2O2/c15-7-8-4-5-14(6-11(8)18)13(19)12-9(16)2-1-3-10(12)17;2-1-3/h1-3,8,11,15-18H,4-7H2;1H,(H,2,3)/t8-,11-;/m1./s1. The molecule has 0 radical (unpaired) electrons. The summed E-state index contributed by atoms with van der Waals surface area (Å²) in [7, 11) is 0. The van der Waals surface area contributed by atoms with Crippen LogP contribution >= 0.6 is 0 Å². The summed E-state index contributed by atoms with van der Waals surface area (Å²) >= 11 is 0. The highest BCUT2D eigenvalue weighted by Gasteiger charge is 2.31. The van der Waals surface area contributed by atoms with Crippen LogP contribution in [0, 0.1) is 5.92 Å². The Kier molecular flexibility index (Phi) is 6.61. The van der Waals surface area contributed by atoms with Gasteiger partial charge in [0.1, 0.15) is 17.1 Å². The summed E-state index contributed by atoms with van der Waals surface area (Å²) in [5, 5.41) is 45.0. The van der Waals surface area contributed by atoms with Gasteiger partial charge in [-0.3, -0.25) is 9.59 Å². The van der Waals surface area contributed by atoms with Gasteiger partial charge in [0.15, 0.2) is 0 Å². The van der Waals surface area contributed by atoms with E-state index in [-0.39, 0.29) is 42.6 Å². The maximum absolute atomic E-state index is 12.2. The molecule has 1 fully saturated rings. The molecule has 0 bridgehead atoms. The topological polar surface area (TPSA) is 139 Å². The van der Waals surface area contributed by atoms with Gasteiger partial charge in [0.2, 0.25) is 0 Å². The second kappa shape index (κ2) is 8.20. The van der Waals surface area contributed by atoms with Crippen molar-refractivity contribution in [2.75, 3.05) is 19.7 Å². The number of rotatable bonds is 2. The molecule has 1 aliphatic rings. The molecular formula is C14H19NO7. The van der Waals surface area contributed by atoms with Gasteiger partial charge >= 0.3 is 0 Å². The Morgan fingerprint density at radius 1 is 1.32 bits per heavy atom. The monoisotopic (exact) mass is 313 g/mol. The van der Waals surface area contributed by atoms with Crippen LogP contribution in [0.3, 0.4) is 0 Å². The highest BCUT2D eigenvalue weighted by Crippen LogP contribution is 2.29. The molecule has 22 heavy (non-hydrogen) atoms. The number of phenolic OH excluding ortho intramolecular Hbond substituents is 2. The van der Waals surface area contributed by atoms with E-state index in [0.29, 0.717) is 13.0 Å². The number of aliphatic hydroxyl groups excluding tert-OH is 2. The minimum absolute atomic E-state index is 0.0812. The molecule has 1 aromatic carbocycles. The predicted molar refractivity (Wildman–Crippen MR) is 75.6 cm³/mol. The summed E-state index contributed by atoms with van der Waals surface area (Å²) in [4.78, 5) is 21.9. The Balaban J connectivity index is 0.000000745. The van der Waals surface area contributed by atoms with Crippen molar-refractivity contribution in [3.63, 3.8) is 0 Å². The van der Waals surface area contributed by atoms with E-state index >= 15 is 0 Å². The molecule has 0 aromatic heterocycles. The molecule has 5 N–H and O–H groups in total. The first-order valence-electron chi connectivity index (χ1n) is 6.63. The molecule has 1 aliphatic heterocycles. The van der Waals surface area contributed by atoms with Gasteiger partial charge in [0.05, 0.1) is 6.10 Å². The number of piperidine rings is 1. The fourth-order valence-electron chi connectivity index (χ4n) is 2.28. The number of likely N-dealkylation sites (tertiary alicyclic amines) is 1. The Labute approximate surface area is 126 Å². The largest absolute Gasteiger partial charge is 0.507 e. The van der Waals surface area contributed by atoms with E-state index in [1.807, 2.05) is 0 Å². The van der Waals surface area contributed by atoms with Gasteiger partial charge in [-0.25, -0.2) is 0 Å². The van der Waals surface area contributed by atoms with Crippen molar-refractivity contribution in [2.24, 2.45) is 5.92 Å². The fraction of sp³-hybridized carbons (Fsp3) is 0.429. The molecule has 0 spiro atoms. The smallest absolute Gasteiger partial charge is 0.290 e. The van der Waals surface area contributed by atoms with Crippen LogP contribution in [0.25, 0.3) is 0 Å². The summed E-state index contributed by atoms with van der Waals surface area (Å²) in [5.41, 5.74) is -0.155. The quantitative estimate of drug-likeness (QED) is 0.469. The molecule has 1 saturated heterocycles. The van der Waals surface area contributed by atoms with E-state index in [2.05, 4.69) is 0 Å². The number of hydrogen-bond donors (Lipinski definition) is 5. The third-order valence-corrected chi connectivity index (χ3v) is 3.48. The van der Waals surface area contributed by atoms with Crippen LogP contribution in [-0.4, -0.2) is 68.6 Å². The normalized spacial score (nSPS) is 20.7.